The van der Waals surface area contributed by atoms with Crippen LogP contribution in [-0.4, -0.2) is 25.8 Å². The number of amides is 1. The maximum Gasteiger partial charge on any atom is 0.418 e. The number of nitrogens with one attached hydrogen (secondary N) is 1. The van der Waals surface area contributed by atoms with Gasteiger partial charge in [-0.15, -0.1) is 0 Å². The summed E-state index contributed by atoms with van der Waals surface area (Å²) in [4.78, 5) is 16.6. The van der Waals surface area contributed by atoms with Crippen molar-refractivity contribution in [2.75, 3.05) is 5.32 Å². The predicted octanol–water partition coefficient (Wildman–Crippen LogP) is 5.52. The van der Waals surface area contributed by atoms with Gasteiger partial charge in [-0.2, -0.15) is 31.4 Å². The quantitative estimate of drug-likeness (QED) is 0.388. The summed E-state index contributed by atoms with van der Waals surface area (Å²) in [5, 5.41) is 10.0. The molecule has 0 fully saturated rings. The van der Waals surface area contributed by atoms with Gasteiger partial charge in [-0.1, -0.05) is 11.2 Å². The molecule has 0 atom stereocenters. The second kappa shape index (κ2) is 8.32. The van der Waals surface area contributed by atoms with Crippen molar-refractivity contribution in [1.29, 1.82) is 0 Å². The van der Waals surface area contributed by atoms with E-state index in [0.717, 1.165) is 10.9 Å². The fourth-order valence-electron chi connectivity index (χ4n) is 3.04. The number of hydrogen-bond donors (Lipinski definition) is 1. The fourth-order valence-corrected chi connectivity index (χ4v) is 3.04. The minimum atomic E-state index is -5.08. The van der Waals surface area contributed by atoms with Gasteiger partial charge in [-0.3, -0.25) is 9.78 Å². The Bertz CT molecular complexity index is 1340. The first-order valence-corrected chi connectivity index (χ1v) is 9.48. The molecule has 13 heteroatoms. The smallest absolute Gasteiger partial charge is 0.354 e. The van der Waals surface area contributed by atoms with E-state index in [0.29, 0.717) is 17.8 Å². The minimum Gasteiger partial charge on any atom is -0.354 e. The number of aryl methyl sites for hydroxylation is 1. The van der Waals surface area contributed by atoms with Crippen LogP contribution in [0, 0.1) is 6.92 Å². The monoisotopic (exact) mass is 481 g/mol. The maximum atomic E-state index is 13.5. The number of anilines is 1. The summed E-state index contributed by atoms with van der Waals surface area (Å²) in [6.07, 6.45) is -7.46. The van der Waals surface area contributed by atoms with Crippen molar-refractivity contribution in [3.05, 3.63) is 77.4 Å². The van der Waals surface area contributed by atoms with Gasteiger partial charge in [0.15, 0.2) is 11.5 Å². The molecule has 0 saturated carbocycles. The molecule has 7 nitrogen and oxygen atoms in total. The van der Waals surface area contributed by atoms with Crippen molar-refractivity contribution in [3.63, 3.8) is 0 Å². The summed E-state index contributed by atoms with van der Waals surface area (Å²) in [6.45, 7) is 1.41. The summed E-state index contributed by atoms with van der Waals surface area (Å²) < 4.78 is 85.0. The Hall–Kier alpha value is -4.16. The molecule has 0 aliphatic heterocycles. The van der Waals surface area contributed by atoms with E-state index in [-0.39, 0.29) is 28.9 Å². The Kier molecular flexibility index (Phi) is 5.63. The van der Waals surface area contributed by atoms with Crippen molar-refractivity contribution in [2.24, 2.45) is 0 Å². The Morgan fingerprint density at radius 2 is 1.79 bits per heavy atom. The van der Waals surface area contributed by atoms with Crippen molar-refractivity contribution >= 4 is 11.6 Å². The third-order valence-corrected chi connectivity index (χ3v) is 4.68. The second-order valence-electron chi connectivity index (χ2n) is 7.05. The highest BCUT2D eigenvalue weighted by Gasteiger charge is 2.39. The van der Waals surface area contributed by atoms with Crippen molar-refractivity contribution in [3.8, 4) is 17.1 Å². The first-order valence-electron chi connectivity index (χ1n) is 9.48. The molecule has 3 heterocycles. The summed E-state index contributed by atoms with van der Waals surface area (Å²) in [6, 6.07) is 7.56. The number of hydrogen-bond acceptors (Lipinski definition) is 5. The van der Waals surface area contributed by atoms with Gasteiger partial charge in [0, 0.05) is 12.3 Å². The van der Waals surface area contributed by atoms with Gasteiger partial charge in [0.1, 0.15) is 5.69 Å². The van der Waals surface area contributed by atoms with Crippen LogP contribution in [0.4, 0.5) is 32.0 Å². The van der Waals surface area contributed by atoms with Crippen LogP contribution in [0.2, 0.25) is 0 Å². The average Bonchev–Trinajstić information content (AvgIpc) is 3.40. The Labute approximate surface area is 187 Å². The van der Waals surface area contributed by atoms with E-state index in [1.807, 2.05) is 0 Å². The standard InChI is InChI=1S/C21H13F6N5O2/c1-11-16(29-19(33)15-9-18(34-31-15)14-4-2-3-7-28-14)10-32(30-11)17-6-5-12(20(22,23)24)8-13(17)21(25,26)27/h2-10H,1H3,(H,29,33). The van der Waals surface area contributed by atoms with Crippen LogP contribution in [0.25, 0.3) is 17.1 Å². The van der Waals surface area contributed by atoms with Crippen LogP contribution >= 0.6 is 0 Å². The van der Waals surface area contributed by atoms with Gasteiger partial charge in [0.05, 0.1) is 34.4 Å². The topological polar surface area (TPSA) is 85.8 Å². The lowest BCUT2D eigenvalue weighted by Crippen LogP contribution is -2.15. The van der Waals surface area contributed by atoms with E-state index in [2.05, 4.69) is 20.6 Å². The number of carbonyl (C=O) groups excluding carboxylic acids is 1. The molecule has 0 spiro atoms. The number of aromatic nitrogens is 4. The van der Waals surface area contributed by atoms with E-state index in [4.69, 9.17) is 4.52 Å². The highest BCUT2D eigenvalue weighted by molar-refractivity contribution is 6.03. The second-order valence-corrected chi connectivity index (χ2v) is 7.05. The molecule has 0 aliphatic rings. The van der Waals surface area contributed by atoms with Gasteiger partial charge in [0.2, 0.25) is 0 Å². The molecule has 0 unspecified atom stereocenters. The zero-order valence-corrected chi connectivity index (χ0v) is 17.1. The van der Waals surface area contributed by atoms with Gasteiger partial charge < -0.3 is 9.84 Å². The van der Waals surface area contributed by atoms with Gasteiger partial charge >= 0.3 is 12.4 Å². The Morgan fingerprint density at radius 3 is 2.44 bits per heavy atom. The number of carbonyl (C=O) groups is 1. The van der Waals surface area contributed by atoms with Crippen LogP contribution in [0.3, 0.4) is 0 Å². The Balaban J connectivity index is 1.62. The minimum absolute atomic E-state index is 0.0130. The van der Waals surface area contributed by atoms with Crippen molar-refractivity contribution < 1.29 is 35.7 Å². The largest absolute Gasteiger partial charge is 0.418 e. The molecule has 1 aromatic carbocycles. The highest BCUT2D eigenvalue weighted by Crippen LogP contribution is 2.38. The summed E-state index contributed by atoms with van der Waals surface area (Å²) in [5.74, 6) is -0.519. The number of nitrogens with zero attached hydrogens (tertiary/aromatic N) is 4. The molecule has 176 valence electrons. The van der Waals surface area contributed by atoms with Crippen LogP contribution < -0.4 is 5.32 Å². The number of pyridine rings is 1. The molecular formula is C21H13F6N5O2. The van der Waals surface area contributed by atoms with E-state index in [1.165, 1.54) is 19.2 Å². The van der Waals surface area contributed by atoms with Crippen LogP contribution in [0.1, 0.15) is 27.3 Å². The first kappa shape index (κ1) is 23.0. The maximum absolute atomic E-state index is 13.5. The van der Waals surface area contributed by atoms with E-state index >= 15 is 0 Å². The first-order chi connectivity index (χ1) is 15.9. The molecular weight excluding hydrogens is 468 g/mol. The number of benzene rings is 1. The Morgan fingerprint density at radius 1 is 1.03 bits per heavy atom. The van der Waals surface area contributed by atoms with Crippen LogP contribution in [-0.2, 0) is 12.4 Å². The SMILES string of the molecule is Cc1nn(-c2ccc(C(F)(F)F)cc2C(F)(F)F)cc1NC(=O)c1cc(-c2ccccn2)on1. The van der Waals surface area contributed by atoms with Crippen LogP contribution in [0.5, 0.6) is 0 Å². The van der Waals surface area contributed by atoms with Gasteiger partial charge in [0.25, 0.3) is 5.91 Å². The summed E-state index contributed by atoms with van der Waals surface area (Å²) in [7, 11) is 0. The van der Waals surface area contributed by atoms with Crippen molar-refractivity contribution in [1.82, 2.24) is 19.9 Å². The molecule has 4 aromatic rings. The van der Waals surface area contributed by atoms with Gasteiger partial charge in [-0.05, 0) is 37.3 Å². The molecule has 1 amide bonds. The normalized spacial score (nSPS) is 12.1. The molecule has 0 saturated heterocycles. The zero-order valence-electron chi connectivity index (χ0n) is 17.1. The molecule has 4 rings (SSSR count). The van der Waals surface area contributed by atoms with Crippen LogP contribution in [0.15, 0.2) is 59.4 Å². The molecule has 1 N–H and O–H groups in total. The lowest BCUT2D eigenvalue weighted by molar-refractivity contribution is -0.143. The molecule has 0 radical (unpaired) electrons. The van der Waals surface area contributed by atoms with E-state index < -0.39 is 35.1 Å². The van der Waals surface area contributed by atoms with E-state index in [9.17, 15) is 31.1 Å². The lowest BCUT2D eigenvalue weighted by Gasteiger charge is -2.15. The van der Waals surface area contributed by atoms with Crippen molar-refractivity contribution in [2.45, 2.75) is 19.3 Å². The highest BCUT2D eigenvalue weighted by atomic mass is 19.4. The summed E-state index contributed by atoms with van der Waals surface area (Å²) >= 11 is 0. The molecule has 34 heavy (non-hydrogen) atoms. The predicted molar refractivity (Wildman–Crippen MR) is 106 cm³/mol. The number of halogens is 6. The molecule has 3 aromatic heterocycles. The molecule has 0 aliphatic carbocycles. The third kappa shape index (κ3) is 4.63. The zero-order chi connectivity index (χ0) is 24.7. The fraction of sp³-hybridized carbons (Fsp3) is 0.143. The number of alkyl halides is 6. The number of rotatable bonds is 4. The van der Waals surface area contributed by atoms with E-state index in [1.54, 1.807) is 18.2 Å². The third-order valence-electron chi connectivity index (χ3n) is 4.68. The average molecular weight is 481 g/mol. The molecule has 0 bridgehead atoms. The lowest BCUT2D eigenvalue weighted by atomic mass is 10.1. The van der Waals surface area contributed by atoms with Gasteiger partial charge in [-0.25, -0.2) is 4.68 Å². The summed E-state index contributed by atoms with van der Waals surface area (Å²) in [5.41, 5.74) is -3.16.